The molecule has 7 heteroatoms. The highest BCUT2D eigenvalue weighted by atomic mass is 16.1. The lowest BCUT2D eigenvalue weighted by Crippen LogP contribution is -1.88. The first-order valence-corrected chi connectivity index (χ1v) is 4.99. The van der Waals surface area contributed by atoms with Gasteiger partial charge in [0.15, 0.2) is 12.6 Å². The highest BCUT2D eigenvalue weighted by molar-refractivity contribution is 5.75. The summed E-state index contributed by atoms with van der Waals surface area (Å²) in [4.78, 5) is 20.2. The van der Waals surface area contributed by atoms with E-state index in [0.717, 1.165) is 23.7 Å². The Morgan fingerprint density at radius 1 is 1.21 bits per heavy atom. The van der Waals surface area contributed by atoms with E-state index >= 15 is 0 Å². The normalized spacial score (nSPS) is 8.37. The van der Waals surface area contributed by atoms with Gasteiger partial charge in [-0.3, -0.25) is 19.4 Å². The Morgan fingerprint density at radius 3 is 2.05 bits per heavy atom. The molecule has 0 spiro atoms. The van der Waals surface area contributed by atoms with Crippen molar-refractivity contribution in [2.24, 2.45) is 7.05 Å². The molecule has 19 heavy (non-hydrogen) atoms. The van der Waals surface area contributed by atoms with E-state index in [2.05, 4.69) is 15.3 Å². The molecule has 0 saturated heterocycles. The molecule has 2 rings (SSSR count). The Morgan fingerprint density at radius 2 is 1.84 bits per heavy atom. The van der Waals surface area contributed by atoms with Crippen molar-refractivity contribution < 1.29 is 9.59 Å². The van der Waals surface area contributed by atoms with Gasteiger partial charge in [0.1, 0.15) is 11.4 Å². The van der Waals surface area contributed by atoms with Crippen LogP contribution in [0, 0.1) is 13.8 Å². The molecular formula is C12H18BN4O2. The van der Waals surface area contributed by atoms with E-state index in [0.29, 0.717) is 11.4 Å². The van der Waals surface area contributed by atoms with E-state index in [1.165, 1.54) is 0 Å². The fraction of sp³-hybridized carbons (Fsp3) is 0.333. The van der Waals surface area contributed by atoms with Gasteiger partial charge in [0, 0.05) is 21.7 Å². The molecule has 0 aliphatic carbocycles. The minimum Gasteiger partial charge on any atom is -0.296 e. The number of H-pyrrole nitrogens is 1. The maximum absolute atomic E-state index is 10.2. The lowest BCUT2D eigenvalue weighted by atomic mass is 10.3. The molecular weight excluding hydrogens is 243 g/mol. The molecule has 3 radical (unpaired) electrons. The Bertz CT molecular complexity index is 520. The zero-order chi connectivity index (χ0) is 12.8. The van der Waals surface area contributed by atoms with Crippen molar-refractivity contribution in [3.63, 3.8) is 0 Å². The van der Waals surface area contributed by atoms with Crippen LogP contribution in [0.15, 0.2) is 12.4 Å². The zero-order valence-corrected chi connectivity index (χ0v) is 10.5. The predicted molar refractivity (Wildman–Crippen MR) is 74.5 cm³/mol. The highest BCUT2D eigenvalue weighted by Gasteiger charge is 1.98. The van der Waals surface area contributed by atoms with E-state index in [9.17, 15) is 9.59 Å². The van der Waals surface area contributed by atoms with Gasteiger partial charge in [0.25, 0.3) is 0 Å². The van der Waals surface area contributed by atoms with Gasteiger partial charge in [-0.2, -0.15) is 10.2 Å². The minimum absolute atomic E-state index is 0. The average Bonchev–Trinajstić information content (AvgIpc) is 2.85. The maximum atomic E-state index is 10.2. The van der Waals surface area contributed by atoms with Crippen LogP contribution in [0.5, 0.6) is 0 Å². The number of hydrogen-bond acceptors (Lipinski definition) is 4. The molecule has 0 aromatic carbocycles. The monoisotopic (exact) mass is 261 g/mol. The van der Waals surface area contributed by atoms with Crippen molar-refractivity contribution >= 4 is 21.0 Å². The first kappa shape index (κ1) is 19.2. The summed E-state index contributed by atoms with van der Waals surface area (Å²) in [5.74, 6) is 0. The van der Waals surface area contributed by atoms with E-state index < -0.39 is 0 Å². The quantitative estimate of drug-likeness (QED) is 0.653. The number of nitrogens with zero attached hydrogens (tertiary/aromatic N) is 3. The molecule has 0 bridgehead atoms. The SMILES string of the molecule is C.Cc1cn(C)nc1C=O.Cc1cn[nH]c1C=O.[B]. The highest BCUT2D eigenvalue weighted by Crippen LogP contribution is 1.99. The second kappa shape index (κ2) is 8.85. The summed E-state index contributed by atoms with van der Waals surface area (Å²) in [6, 6.07) is 0. The summed E-state index contributed by atoms with van der Waals surface area (Å²) in [6.45, 7) is 3.68. The summed E-state index contributed by atoms with van der Waals surface area (Å²) in [6.07, 6.45) is 4.94. The Hall–Kier alpha value is -2.18. The second-order valence-corrected chi connectivity index (χ2v) is 3.57. The summed E-state index contributed by atoms with van der Waals surface area (Å²) in [7, 11) is 1.79. The average molecular weight is 261 g/mol. The van der Waals surface area contributed by atoms with Gasteiger partial charge in [-0.1, -0.05) is 7.43 Å². The predicted octanol–water partition coefficient (Wildman–Crippen LogP) is 1.33. The molecule has 0 fully saturated rings. The number of aryl methyl sites for hydroxylation is 3. The van der Waals surface area contributed by atoms with E-state index in [4.69, 9.17) is 0 Å². The van der Waals surface area contributed by atoms with Crippen LogP contribution in [0.3, 0.4) is 0 Å². The first-order valence-electron chi connectivity index (χ1n) is 4.99. The van der Waals surface area contributed by atoms with Gasteiger partial charge in [0.2, 0.25) is 0 Å². The number of rotatable bonds is 2. The number of carbonyl (C=O) groups excluding carboxylic acids is 2. The lowest BCUT2D eigenvalue weighted by Gasteiger charge is -1.79. The Kier molecular flexibility index (Phi) is 8.93. The van der Waals surface area contributed by atoms with Crippen molar-refractivity contribution in [1.82, 2.24) is 20.0 Å². The van der Waals surface area contributed by atoms with Crippen LogP contribution in [0.4, 0.5) is 0 Å². The van der Waals surface area contributed by atoms with Crippen LogP contribution in [0.2, 0.25) is 0 Å². The molecule has 0 aliphatic heterocycles. The lowest BCUT2D eigenvalue weighted by molar-refractivity contribution is 0.111. The molecule has 101 valence electrons. The Balaban J connectivity index is 0. The van der Waals surface area contributed by atoms with Crippen LogP contribution >= 0.6 is 0 Å². The van der Waals surface area contributed by atoms with Gasteiger partial charge in [0.05, 0.1) is 6.20 Å². The largest absolute Gasteiger partial charge is 0.296 e. The smallest absolute Gasteiger partial charge is 0.170 e. The maximum Gasteiger partial charge on any atom is 0.170 e. The van der Waals surface area contributed by atoms with Gasteiger partial charge in [-0.05, 0) is 25.0 Å². The molecule has 0 saturated carbocycles. The molecule has 2 aromatic heterocycles. The van der Waals surface area contributed by atoms with Crippen molar-refractivity contribution in [2.75, 3.05) is 0 Å². The second-order valence-electron chi connectivity index (χ2n) is 3.57. The zero-order valence-electron chi connectivity index (χ0n) is 10.5. The Labute approximate surface area is 114 Å². The third kappa shape index (κ3) is 5.33. The van der Waals surface area contributed by atoms with Crippen molar-refractivity contribution in [3.8, 4) is 0 Å². The third-order valence-electron chi connectivity index (χ3n) is 2.15. The molecule has 2 aromatic rings. The summed E-state index contributed by atoms with van der Waals surface area (Å²) in [5, 5.41) is 10.1. The van der Waals surface area contributed by atoms with Crippen LogP contribution in [0.1, 0.15) is 39.5 Å². The molecule has 0 atom stereocenters. The van der Waals surface area contributed by atoms with Crippen LogP contribution < -0.4 is 0 Å². The van der Waals surface area contributed by atoms with Gasteiger partial charge in [-0.15, -0.1) is 0 Å². The molecule has 0 aliphatic rings. The topological polar surface area (TPSA) is 80.6 Å². The van der Waals surface area contributed by atoms with Crippen molar-refractivity contribution in [2.45, 2.75) is 21.3 Å². The van der Waals surface area contributed by atoms with Gasteiger partial charge < -0.3 is 0 Å². The standard InChI is InChI=1S/C6H8N2O.C5H6N2O.CH4.B/c1-5-3-8(2)7-6(5)4-9;1-4-2-6-7-5(4)3-8;;/h3-4H,1-2H3;2-3H,1H3,(H,6,7);1H4;. The summed E-state index contributed by atoms with van der Waals surface area (Å²) >= 11 is 0. The van der Waals surface area contributed by atoms with Crippen LogP contribution in [-0.2, 0) is 7.05 Å². The van der Waals surface area contributed by atoms with Crippen LogP contribution in [0.25, 0.3) is 0 Å². The summed E-state index contributed by atoms with van der Waals surface area (Å²) in [5.41, 5.74) is 2.90. The van der Waals surface area contributed by atoms with E-state index in [1.807, 2.05) is 20.0 Å². The number of carbonyl (C=O) groups is 2. The number of aldehydes is 2. The number of aromatic nitrogens is 4. The molecule has 6 nitrogen and oxygen atoms in total. The number of aromatic amines is 1. The molecule has 0 amide bonds. The van der Waals surface area contributed by atoms with Gasteiger partial charge in [-0.25, -0.2) is 0 Å². The summed E-state index contributed by atoms with van der Waals surface area (Å²) < 4.78 is 1.62. The fourth-order valence-corrected chi connectivity index (χ4v) is 1.22. The van der Waals surface area contributed by atoms with E-state index in [1.54, 1.807) is 17.9 Å². The molecule has 2 heterocycles. The first-order chi connectivity index (χ1) is 8.08. The third-order valence-corrected chi connectivity index (χ3v) is 2.15. The van der Waals surface area contributed by atoms with Crippen molar-refractivity contribution in [3.05, 3.63) is 34.9 Å². The fourth-order valence-electron chi connectivity index (χ4n) is 1.22. The number of hydrogen-bond donors (Lipinski definition) is 1. The van der Waals surface area contributed by atoms with Gasteiger partial charge >= 0.3 is 0 Å². The van der Waals surface area contributed by atoms with Crippen molar-refractivity contribution in [1.29, 1.82) is 0 Å². The minimum atomic E-state index is 0. The molecule has 1 N–H and O–H groups in total. The number of nitrogens with one attached hydrogen (secondary N) is 1. The molecule has 0 unspecified atom stereocenters. The van der Waals surface area contributed by atoms with E-state index in [-0.39, 0.29) is 15.8 Å². The van der Waals surface area contributed by atoms with Crippen LogP contribution in [-0.4, -0.2) is 41.0 Å².